The van der Waals surface area contributed by atoms with E-state index in [1.165, 1.54) is 39.8 Å². The smallest absolute Gasteiger partial charge is 0.330 e. The molecular weight excluding hydrogens is 716 g/mol. The molecule has 11 nitrogen and oxygen atoms in total. The van der Waals surface area contributed by atoms with Gasteiger partial charge in [-0.1, -0.05) is 92.7 Å². The van der Waals surface area contributed by atoms with Crippen molar-refractivity contribution in [3.05, 3.63) is 36.5 Å². The molecule has 0 aromatic heterocycles. The molecule has 1 unspecified atom stereocenters. The second-order valence-corrected chi connectivity index (χ2v) is 18.0. The normalized spacial score (nSPS) is 46.8. The van der Waals surface area contributed by atoms with E-state index in [4.69, 9.17) is 14.2 Å². The van der Waals surface area contributed by atoms with Gasteiger partial charge in [0, 0.05) is 48.0 Å². The molecule has 1 spiro atoms. The average molecular weight is 791 g/mol. The summed E-state index contributed by atoms with van der Waals surface area (Å²) in [4.78, 5) is 40.5. The van der Waals surface area contributed by atoms with Crippen molar-refractivity contribution in [1.29, 1.82) is 0 Å². The van der Waals surface area contributed by atoms with E-state index >= 15 is 0 Å². The van der Waals surface area contributed by atoms with Crippen LogP contribution in [-0.2, 0) is 28.6 Å². The predicted octanol–water partition coefficient (Wildman–Crippen LogP) is 5.88. The standard InChI is InChI=1S/C45H74O11/c1-12-34-17-15-13-14-16-27(4)42(51)44(11,53)43(52)32(9)40(50)31(8)39(49)30(7)38(48)26(3)18-21-37(47)54-41-29(6)35(20-19-34)55-45(33(41)10)23-22-25(2)36(56-45)24-28(5)46/h13-15,17-18,21,25-36,38,40-42,46,48,50-51,53H,12,16,19-20,22-24H2,1-11H3/b14-13-,17-15-,21-18+/t25-,26-,27+,28+,29?,30-,31-,32-,33-,34-,35-,36-,38+,40+,41+,42-,44+,45-/m0/s1. The summed E-state index contributed by atoms with van der Waals surface area (Å²) in [6, 6.07) is 0. The summed E-state index contributed by atoms with van der Waals surface area (Å²) in [6.07, 6.45) is 9.62. The van der Waals surface area contributed by atoms with Gasteiger partial charge in [-0.05, 0) is 70.1 Å². The Morgan fingerprint density at radius 2 is 1.48 bits per heavy atom. The Bertz CT molecular complexity index is 1390. The number of ether oxygens (including phenoxy) is 3. The molecular formula is C45H74O11. The lowest BCUT2D eigenvalue weighted by Crippen LogP contribution is -2.62. The predicted molar refractivity (Wildman–Crippen MR) is 215 cm³/mol. The number of aliphatic hydroxyl groups excluding tert-OH is 4. The highest BCUT2D eigenvalue weighted by Gasteiger charge is 2.56. The molecule has 0 saturated carbocycles. The third-order valence-corrected chi connectivity index (χ3v) is 13.4. The molecule has 3 aliphatic heterocycles. The Labute approximate surface area is 336 Å². The number of hydrogen-bond donors (Lipinski definition) is 5. The fourth-order valence-corrected chi connectivity index (χ4v) is 9.01. The van der Waals surface area contributed by atoms with Gasteiger partial charge in [0.05, 0.1) is 36.6 Å². The number of esters is 1. The third-order valence-electron chi connectivity index (χ3n) is 13.4. The van der Waals surface area contributed by atoms with Gasteiger partial charge in [-0.3, -0.25) is 9.59 Å². The number of Topliss-reactive ketones (excluding diaryl/α,β-unsaturated/α-hetero) is 2. The maximum atomic E-state index is 13.5. The van der Waals surface area contributed by atoms with Crippen LogP contribution >= 0.6 is 0 Å². The van der Waals surface area contributed by atoms with Crippen molar-refractivity contribution < 1.29 is 54.1 Å². The molecule has 0 aromatic carbocycles. The minimum absolute atomic E-state index is 0.168. The Balaban J connectivity index is 1.99. The first-order valence-electron chi connectivity index (χ1n) is 21.2. The summed E-state index contributed by atoms with van der Waals surface area (Å²) < 4.78 is 20.0. The number of ketones is 2. The maximum absolute atomic E-state index is 13.5. The van der Waals surface area contributed by atoms with Crippen molar-refractivity contribution >= 4 is 17.5 Å². The number of hydrogen-bond acceptors (Lipinski definition) is 11. The maximum Gasteiger partial charge on any atom is 0.330 e. The Hall–Kier alpha value is -2.25. The molecule has 3 rings (SSSR count). The quantitative estimate of drug-likeness (QED) is 0.216. The first kappa shape index (κ1) is 48.1. The van der Waals surface area contributed by atoms with Gasteiger partial charge in [0.15, 0.2) is 11.6 Å². The second-order valence-electron chi connectivity index (χ2n) is 18.0. The van der Waals surface area contributed by atoms with Gasteiger partial charge in [0.2, 0.25) is 0 Å². The van der Waals surface area contributed by atoms with E-state index in [1.807, 2.05) is 32.1 Å². The van der Waals surface area contributed by atoms with E-state index in [0.29, 0.717) is 25.7 Å². The zero-order valence-corrected chi connectivity index (χ0v) is 35.8. The fraction of sp³-hybridized carbons (Fsp3) is 0.800. The molecule has 3 aliphatic rings. The van der Waals surface area contributed by atoms with E-state index in [2.05, 4.69) is 19.9 Å². The van der Waals surface area contributed by atoms with Crippen LogP contribution in [0.3, 0.4) is 0 Å². The van der Waals surface area contributed by atoms with E-state index in [9.17, 15) is 39.9 Å². The summed E-state index contributed by atoms with van der Waals surface area (Å²) in [5.41, 5.74) is -2.18. The molecule has 0 radical (unpaired) electrons. The number of carbonyl (C=O) groups excluding carboxylic acids is 3. The topological polar surface area (TPSA) is 180 Å². The molecule has 2 fully saturated rings. The first-order chi connectivity index (χ1) is 26.1. The minimum atomic E-state index is -2.18. The zero-order chi connectivity index (χ0) is 42.3. The molecule has 18 atom stereocenters. The van der Waals surface area contributed by atoms with Crippen molar-refractivity contribution in [2.75, 3.05) is 0 Å². The first-order valence-corrected chi connectivity index (χ1v) is 21.2. The van der Waals surface area contributed by atoms with Gasteiger partial charge in [0.25, 0.3) is 0 Å². The fourth-order valence-electron chi connectivity index (χ4n) is 9.01. The van der Waals surface area contributed by atoms with Crippen LogP contribution < -0.4 is 0 Å². The molecule has 0 aliphatic carbocycles. The molecule has 3 heterocycles. The Morgan fingerprint density at radius 3 is 2.11 bits per heavy atom. The van der Waals surface area contributed by atoms with E-state index in [-0.39, 0.29) is 35.9 Å². The molecule has 2 bridgehead atoms. The molecule has 56 heavy (non-hydrogen) atoms. The second kappa shape index (κ2) is 20.6. The van der Waals surface area contributed by atoms with Crippen molar-refractivity contribution in [2.45, 2.75) is 175 Å². The van der Waals surface area contributed by atoms with Crippen LogP contribution in [0, 0.1) is 53.3 Å². The number of rotatable bonds is 3. The van der Waals surface area contributed by atoms with Crippen LogP contribution in [0.15, 0.2) is 36.5 Å². The third kappa shape index (κ3) is 11.5. The van der Waals surface area contributed by atoms with Crippen LogP contribution in [-0.4, -0.2) is 97.2 Å². The van der Waals surface area contributed by atoms with Gasteiger partial charge in [-0.15, -0.1) is 0 Å². The van der Waals surface area contributed by atoms with E-state index in [1.54, 1.807) is 20.8 Å². The van der Waals surface area contributed by atoms with Crippen molar-refractivity contribution in [1.82, 2.24) is 0 Å². The van der Waals surface area contributed by atoms with E-state index < -0.39 is 89.0 Å². The summed E-state index contributed by atoms with van der Waals surface area (Å²) in [6.45, 7) is 19.1. The number of allylic oxidation sites excluding steroid dienone is 4. The highest BCUT2D eigenvalue weighted by atomic mass is 16.7. The summed E-state index contributed by atoms with van der Waals surface area (Å²) in [7, 11) is 0. The summed E-state index contributed by atoms with van der Waals surface area (Å²) in [5, 5.41) is 55.0. The molecule has 0 aromatic rings. The number of aliphatic hydroxyl groups is 5. The number of carbonyl (C=O) groups is 3. The van der Waals surface area contributed by atoms with Crippen molar-refractivity contribution in [2.24, 2.45) is 53.3 Å². The lowest BCUT2D eigenvalue weighted by molar-refractivity contribution is -0.371. The Morgan fingerprint density at radius 1 is 0.839 bits per heavy atom. The van der Waals surface area contributed by atoms with Crippen LogP contribution in [0.2, 0.25) is 0 Å². The lowest BCUT2D eigenvalue weighted by atomic mass is 9.74. The highest BCUT2D eigenvalue weighted by molar-refractivity contribution is 5.91. The van der Waals surface area contributed by atoms with Crippen molar-refractivity contribution in [3.63, 3.8) is 0 Å². The molecule has 5 N–H and O–H groups in total. The van der Waals surface area contributed by atoms with E-state index in [0.717, 1.165) is 19.3 Å². The molecule has 11 heteroatoms. The molecule has 2 saturated heterocycles. The minimum Gasteiger partial charge on any atom is -0.458 e. The van der Waals surface area contributed by atoms with Gasteiger partial charge in [-0.2, -0.15) is 0 Å². The zero-order valence-electron chi connectivity index (χ0n) is 35.8. The van der Waals surface area contributed by atoms with Crippen molar-refractivity contribution in [3.8, 4) is 0 Å². The van der Waals surface area contributed by atoms with Crippen LogP contribution in [0.1, 0.15) is 121 Å². The Kier molecular flexibility index (Phi) is 17.7. The molecule has 0 amide bonds. The van der Waals surface area contributed by atoms with Crippen LogP contribution in [0.5, 0.6) is 0 Å². The molecule has 320 valence electrons. The largest absolute Gasteiger partial charge is 0.458 e. The number of fused-ring (bicyclic) bond motifs is 2. The monoisotopic (exact) mass is 791 g/mol. The van der Waals surface area contributed by atoms with Gasteiger partial charge < -0.3 is 39.7 Å². The highest BCUT2D eigenvalue weighted by Crippen LogP contribution is 2.49. The lowest BCUT2D eigenvalue weighted by Gasteiger charge is -2.55. The van der Waals surface area contributed by atoms with Crippen LogP contribution in [0.4, 0.5) is 0 Å². The van der Waals surface area contributed by atoms with Gasteiger partial charge in [0.1, 0.15) is 17.5 Å². The SMILES string of the molecule is CC[C@H]1/C=C\C=C/C[C@@H](C)[C@H](O)[C@@](C)(O)C(=O)[C@@H](C)[C@H](O)[C@@H](C)C(=O)[C@@H](C)[C@H](O)[C@@H](C)/C=C/C(=O)O[C@@H]2C(C)[C@H](CC1)O[C@]1(CC[C@H](C)[C@H](C[C@@H](C)O)O1)[C@H]2C. The van der Waals surface area contributed by atoms with Gasteiger partial charge >= 0.3 is 5.97 Å². The van der Waals surface area contributed by atoms with Crippen LogP contribution in [0.25, 0.3) is 0 Å². The summed E-state index contributed by atoms with van der Waals surface area (Å²) in [5.74, 6) is -7.28. The average Bonchev–Trinajstić information content (AvgIpc) is 3.16. The van der Waals surface area contributed by atoms with Gasteiger partial charge in [-0.25, -0.2) is 4.79 Å². The summed E-state index contributed by atoms with van der Waals surface area (Å²) >= 11 is 0.